The molecule has 2 N–H and O–H groups in total. The molecule has 0 saturated carbocycles. The summed E-state index contributed by atoms with van der Waals surface area (Å²) in [6.07, 6.45) is 0.656. The maximum absolute atomic E-state index is 12.7. The number of likely N-dealkylation sites (N-methyl/N-ethyl adjacent to an activating group) is 1. The van der Waals surface area contributed by atoms with E-state index in [1.54, 1.807) is 25.2 Å². The van der Waals surface area contributed by atoms with Crippen LogP contribution in [0.25, 0.3) is 0 Å². The number of aromatic nitrogens is 3. The predicted molar refractivity (Wildman–Crippen MR) is 140 cm³/mol. The molecular formula is C22H20Cl4N6O5. The maximum atomic E-state index is 12.7. The molecule has 0 bridgehead atoms. The predicted octanol–water partition coefficient (Wildman–Crippen LogP) is 4.64. The molecule has 0 spiro atoms. The Hall–Kier alpha value is -3.09. The molecule has 3 aromatic rings. The Balaban J connectivity index is 1.67. The zero-order chi connectivity index (χ0) is 27.1. The topological polar surface area (TPSA) is 128 Å². The number of hydrogen-bond donors (Lipinski definition) is 2. The fourth-order valence-corrected chi connectivity index (χ4v) is 3.77. The van der Waals surface area contributed by atoms with E-state index < -0.39 is 24.7 Å². The molecule has 0 aliphatic heterocycles. The number of esters is 1. The van der Waals surface area contributed by atoms with Crippen molar-refractivity contribution in [2.24, 2.45) is 0 Å². The van der Waals surface area contributed by atoms with E-state index in [1.165, 1.54) is 25.4 Å². The summed E-state index contributed by atoms with van der Waals surface area (Å²) in [5.74, 6) is -0.940. The highest BCUT2D eigenvalue weighted by atomic mass is 35.5. The van der Waals surface area contributed by atoms with Gasteiger partial charge in [0.2, 0.25) is 0 Å². The van der Waals surface area contributed by atoms with Crippen molar-refractivity contribution in [3.63, 3.8) is 0 Å². The highest BCUT2D eigenvalue weighted by Crippen LogP contribution is 2.29. The highest BCUT2D eigenvalue weighted by Gasteiger charge is 2.23. The van der Waals surface area contributed by atoms with Gasteiger partial charge in [-0.15, -0.1) is 0 Å². The molecule has 0 radical (unpaired) electrons. The van der Waals surface area contributed by atoms with Crippen LogP contribution >= 0.6 is 46.4 Å². The molecule has 0 atom stereocenters. The summed E-state index contributed by atoms with van der Waals surface area (Å²) in [6.45, 7) is -0.526. The van der Waals surface area contributed by atoms with E-state index in [0.717, 1.165) is 9.58 Å². The first-order chi connectivity index (χ1) is 17.6. The van der Waals surface area contributed by atoms with Gasteiger partial charge in [-0.3, -0.25) is 14.5 Å². The number of carbonyl (C=O) groups excluding carboxylic acids is 3. The molecule has 0 fully saturated rings. The lowest BCUT2D eigenvalue weighted by Gasteiger charge is -2.19. The molecule has 0 aliphatic carbocycles. The number of anilines is 2. The second-order valence-corrected chi connectivity index (χ2v) is 8.89. The van der Waals surface area contributed by atoms with Crippen molar-refractivity contribution in [3.8, 4) is 0 Å². The smallest absolute Gasteiger partial charge is 0.417 e. The number of carbonyl (C=O) groups is 3. The van der Waals surface area contributed by atoms with Crippen molar-refractivity contribution in [3.05, 3.63) is 68.0 Å². The minimum absolute atomic E-state index is 0.0351. The molecule has 3 rings (SSSR count). The van der Waals surface area contributed by atoms with Gasteiger partial charge >= 0.3 is 12.1 Å². The zero-order valence-electron chi connectivity index (χ0n) is 19.4. The third kappa shape index (κ3) is 7.24. The van der Waals surface area contributed by atoms with E-state index in [1.807, 2.05) is 0 Å². The molecule has 2 amide bonds. The summed E-state index contributed by atoms with van der Waals surface area (Å²) in [5.41, 5.74) is 0.553. The maximum Gasteiger partial charge on any atom is 0.417 e. The van der Waals surface area contributed by atoms with Crippen LogP contribution < -0.4 is 15.5 Å². The van der Waals surface area contributed by atoms with Crippen LogP contribution in [0.1, 0.15) is 16.1 Å². The third-order valence-electron chi connectivity index (χ3n) is 4.71. The fraction of sp³-hybridized carbons (Fsp3) is 0.227. The summed E-state index contributed by atoms with van der Waals surface area (Å²) in [5, 5.41) is 9.62. The molecule has 1 aromatic carbocycles. The first-order valence-electron chi connectivity index (χ1n) is 10.4. The molecule has 11 nitrogen and oxygen atoms in total. The molecule has 0 saturated heterocycles. The van der Waals surface area contributed by atoms with Gasteiger partial charge in [-0.05, 0) is 31.3 Å². The molecular weight excluding hydrogens is 570 g/mol. The van der Waals surface area contributed by atoms with Gasteiger partial charge in [-0.2, -0.15) is 5.10 Å². The number of nitrogens with zero attached hydrogens (tertiary/aromatic N) is 4. The van der Waals surface area contributed by atoms with Gasteiger partial charge in [0.1, 0.15) is 22.6 Å². The minimum Gasteiger partial charge on any atom is -0.460 e. The Kier molecular flexibility index (Phi) is 9.95. The van der Waals surface area contributed by atoms with Crippen LogP contribution in [0.2, 0.25) is 20.2 Å². The Morgan fingerprint density at radius 1 is 1.11 bits per heavy atom. The Labute approximate surface area is 231 Å². The number of nitrogens with one attached hydrogen (secondary N) is 2. The van der Waals surface area contributed by atoms with E-state index in [-0.39, 0.29) is 45.5 Å². The summed E-state index contributed by atoms with van der Waals surface area (Å²) in [6, 6.07) is 7.81. The minimum atomic E-state index is -0.817. The largest absolute Gasteiger partial charge is 0.460 e. The van der Waals surface area contributed by atoms with E-state index in [2.05, 4.69) is 20.7 Å². The monoisotopic (exact) mass is 588 g/mol. The molecule has 15 heteroatoms. The van der Waals surface area contributed by atoms with E-state index in [4.69, 9.17) is 55.9 Å². The number of hydrogen-bond acceptors (Lipinski definition) is 8. The van der Waals surface area contributed by atoms with E-state index in [0.29, 0.717) is 10.6 Å². The lowest BCUT2D eigenvalue weighted by atomic mass is 10.2. The van der Waals surface area contributed by atoms with Crippen molar-refractivity contribution in [1.82, 2.24) is 20.1 Å². The van der Waals surface area contributed by atoms with Gasteiger partial charge in [0.05, 0.1) is 17.3 Å². The number of rotatable bonds is 9. The summed E-state index contributed by atoms with van der Waals surface area (Å²) < 4.78 is 11.5. The highest BCUT2D eigenvalue weighted by molar-refractivity contribution is 6.43. The third-order valence-corrected chi connectivity index (χ3v) is 6.10. The lowest BCUT2D eigenvalue weighted by Crippen LogP contribution is -2.30. The van der Waals surface area contributed by atoms with Crippen molar-refractivity contribution in [1.29, 1.82) is 0 Å². The molecule has 0 aliphatic rings. The standard InChI is InChI=1S/C22H20Cl4N6O5/c1-27-9-16(33)36-10-12-4-3-7-28-20(12)31(2)22(35)37-11-32-19(26)17(25)18(30-32)21(34)29-15-6-5-13(23)8-14(15)24/h3-8,27H,9-11H2,1-2H3,(H,29,34). The lowest BCUT2D eigenvalue weighted by molar-refractivity contribution is -0.143. The summed E-state index contributed by atoms with van der Waals surface area (Å²) >= 11 is 24.3. The zero-order valence-corrected chi connectivity index (χ0v) is 22.5. The first-order valence-corrected chi connectivity index (χ1v) is 12.0. The molecule has 2 aromatic heterocycles. The van der Waals surface area contributed by atoms with Crippen molar-refractivity contribution in [2.45, 2.75) is 13.3 Å². The average molecular weight is 590 g/mol. The van der Waals surface area contributed by atoms with E-state index in [9.17, 15) is 14.4 Å². The van der Waals surface area contributed by atoms with Crippen LogP contribution in [0.15, 0.2) is 36.5 Å². The van der Waals surface area contributed by atoms with Crippen LogP contribution in [0, 0.1) is 0 Å². The van der Waals surface area contributed by atoms with Crippen LogP contribution in [-0.4, -0.2) is 53.4 Å². The molecule has 2 heterocycles. The Morgan fingerprint density at radius 2 is 1.86 bits per heavy atom. The number of pyridine rings is 1. The number of ether oxygens (including phenoxy) is 2. The molecule has 0 unspecified atom stereocenters. The average Bonchev–Trinajstić information content (AvgIpc) is 3.16. The van der Waals surface area contributed by atoms with Crippen molar-refractivity contribution in [2.75, 3.05) is 30.9 Å². The van der Waals surface area contributed by atoms with Crippen LogP contribution in [0.4, 0.5) is 16.3 Å². The summed E-state index contributed by atoms with van der Waals surface area (Å²) in [4.78, 5) is 42.3. The SMILES string of the molecule is CNCC(=O)OCc1cccnc1N(C)C(=O)OCn1nc(C(=O)Nc2ccc(Cl)cc2Cl)c(Cl)c1Cl. The second-order valence-electron chi connectivity index (χ2n) is 7.31. The van der Waals surface area contributed by atoms with Crippen LogP contribution in [0.3, 0.4) is 0 Å². The molecule has 37 heavy (non-hydrogen) atoms. The quantitative estimate of drug-likeness (QED) is 0.346. The van der Waals surface area contributed by atoms with Crippen LogP contribution in [-0.2, 0) is 27.6 Å². The number of benzene rings is 1. The van der Waals surface area contributed by atoms with Crippen molar-refractivity contribution >= 4 is 75.9 Å². The van der Waals surface area contributed by atoms with Gasteiger partial charge in [0.25, 0.3) is 5.91 Å². The van der Waals surface area contributed by atoms with E-state index >= 15 is 0 Å². The van der Waals surface area contributed by atoms with Crippen molar-refractivity contribution < 1.29 is 23.9 Å². The molecule has 196 valence electrons. The normalized spacial score (nSPS) is 10.6. The van der Waals surface area contributed by atoms with Gasteiger partial charge < -0.3 is 20.1 Å². The number of halogens is 4. The van der Waals surface area contributed by atoms with Gasteiger partial charge in [0, 0.05) is 23.8 Å². The Morgan fingerprint density at radius 3 is 2.57 bits per heavy atom. The van der Waals surface area contributed by atoms with Crippen LogP contribution in [0.5, 0.6) is 0 Å². The summed E-state index contributed by atoms with van der Waals surface area (Å²) in [7, 11) is 3.04. The van der Waals surface area contributed by atoms with Gasteiger partial charge in [-0.1, -0.05) is 52.5 Å². The second kappa shape index (κ2) is 12.9. The number of amides is 2. The fourth-order valence-electron chi connectivity index (χ4n) is 2.92. The van der Waals surface area contributed by atoms with Gasteiger partial charge in [-0.25, -0.2) is 14.5 Å². The van der Waals surface area contributed by atoms with Gasteiger partial charge in [0.15, 0.2) is 12.4 Å². The first kappa shape index (κ1) is 28.5. The Bertz CT molecular complexity index is 1320.